The van der Waals surface area contributed by atoms with E-state index >= 15 is 0 Å². The zero-order valence-electron chi connectivity index (χ0n) is 16.0. The normalized spacial score (nSPS) is 18.1. The fraction of sp³-hybridized carbons (Fsp3) is 0.130. The Morgan fingerprint density at radius 3 is 2.57 bits per heavy atom. The van der Waals surface area contributed by atoms with Crippen LogP contribution < -0.4 is 9.64 Å². The van der Waals surface area contributed by atoms with E-state index in [9.17, 15) is 14.7 Å². The van der Waals surface area contributed by atoms with Gasteiger partial charge in [-0.05, 0) is 43.3 Å². The van der Waals surface area contributed by atoms with Crippen LogP contribution in [0.2, 0.25) is 0 Å². The predicted octanol–water partition coefficient (Wildman–Crippen LogP) is 5.07. The van der Waals surface area contributed by atoms with Crippen molar-refractivity contribution in [1.29, 1.82) is 0 Å². The SMILES string of the molecule is CCOc1cccc(N2C(=O)C(=O)/C(=C(\O)c3ccc(Br)cc3)C2c2ccco2)c1. The molecule has 0 bridgehead atoms. The summed E-state index contributed by atoms with van der Waals surface area (Å²) in [6.45, 7) is 2.33. The second-order valence-electron chi connectivity index (χ2n) is 6.62. The number of aliphatic hydroxyl groups is 1. The van der Waals surface area contributed by atoms with Crippen molar-refractivity contribution in [2.75, 3.05) is 11.5 Å². The number of hydrogen-bond acceptors (Lipinski definition) is 5. The zero-order chi connectivity index (χ0) is 21.3. The molecule has 1 saturated heterocycles. The van der Waals surface area contributed by atoms with Crippen molar-refractivity contribution in [1.82, 2.24) is 0 Å². The number of anilines is 1. The van der Waals surface area contributed by atoms with Crippen LogP contribution in [0.3, 0.4) is 0 Å². The highest BCUT2D eigenvalue weighted by Gasteiger charge is 2.48. The van der Waals surface area contributed by atoms with Crippen molar-refractivity contribution in [2.24, 2.45) is 0 Å². The van der Waals surface area contributed by atoms with Crippen LogP contribution in [-0.4, -0.2) is 23.4 Å². The minimum Gasteiger partial charge on any atom is -0.507 e. The molecule has 30 heavy (non-hydrogen) atoms. The van der Waals surface area contributed by atoms with E-state index < -0.39 is 17.7 Å². The average Bonchev–Trinajstić information content (AvgIpc) is 3.36. The molecule has 0 aliphatic carbocycles. The summed E-state index contributed by atoms with van der Waals surface area (Å²) in [6, 6.07) is 16.2. The van der Waals surface area contributed by atoms with Crippen LogP contribution >= 0.6 is 15.9 Å². The Labute approximate surface area is 181 Å². The fourth-order valence-electron chi connectivity index (χ4n) is 3.47. The summed E-state index contributed by atoms with van der Waals surface area (Å²) in [6.07, 6.45) is 1.46. The molecule has 2 aromatic carbocycles. The molecule has 1 amide bonds. The Morgan fingerprint density at radius 1 is 1.13 bits per heavy atom. The number of hydrogen-bond donors (Lipinski definition) is 1. The molecule has 6 nitrogen and oxygen atoms in total. The average molecular weight is 468 g/mol. The first-order valence-electron chi connectivity index (χ1n) is 9.34. The number of nitrogens with zero attached hydrogens (tertiary/aromatic N) is 1. The largest absolute Gasteiger partial charge is 0.507 e. The summed E-state index contributed by atoms with van der Waals surface area (Å²) < 4.78 is 11.9. The van der Waals surface area contributed by atoms with Crippen molar-refractivity contribution < 1.29 is 23.8 Å². The molecular weight excluding hydrogens is 450 g/mol. The van der Waals surface area contributed by atoms with Crippen LogP contribution in [-0.2, 0) is 9.59 Å². The second kappa shape index (κ2) is 8.20. The minimum atomic E-state index is -0.902. The first-order chi connectivity index (χ1) is 14.5. The Morgan fingerprint density at radius 2 is 1.90 bits per heavy atom. The van der Waals surface area contributed by atoms with Crippen LogP contribution in [0, 0.1) is 0 Å². The van der Waals surface area contributed by atoms with Crippen molar-refractivity contribution in [2.45, 2.75) is 13.0 Å². The molecule has 152 valence electrons. The highest BCUT2D eigenvalue weighted by atomic mass is 79.9. The van der Waals surface area contributed by atoms with E-state index in [0.29, 0.717) is 29.4 Å². The molecule has 1 atom stereocenters. The Kier molecular flexibility index (Phi) is 5.46. The Hall–Kier alpha value is -3.32. The van der Waals surface area contributed by atoms with E-state index in [-0.39, 0.29) is 11.3 Å². The summed E-state index contributed by atoms with van der Waals surface area (Å²) in [5.41, 5.74) is 0.870. The van der Waals surface area contributed by atoms with Gasteiger partial charge in [0.1, 0.15) is 23.3 Å². The molecule has 1 fully saturated rings. The predicted molar refractivity (Wildman–Crippen MR) is 115 cm³/mol. The molecule has 0 radical (unpaired) electrons. The third kappa shape index (κ3) is 3.52. The number of carbonyl (C=O) groups excluding carboxylic acids is 2. The highest BCUT2D eigenvalue weighted by molar-refractivity contribution is 9.10. The maximum Gasteiger partial charge on any atom is 0.300 e. The summed E-state index contributed by atoms with van der Waals surface area (Å²) >= 11 is 3.35. The molecule has 1 aliphatic heterocycles. The third-order valence-electron chi connectivity index (χ3n) is 4.78. The molecule has 1 N–H and O–H groups in total. The Balaban J connectivity index is 1.88. The maximum absolute atomic E-state index is 13.0. The zero-order valence-corrected chi connectivity index (χ0v) is 17.6. The molecule has 1 unspecified atom stereocenters. The van der Waals surface area contributed by atoms with Crippen LogP contribution in [0.5, 0.6) is 5.75 Å². The van der Waals surface area contributed by atoms with Crippen LogP contribution in [0.4, 0.5) is 5.69 Å². The van der Waals surface area contributed by atoms with E-state index in [1.165, 1.54) is 11.2 Å². The van der Waals surface area contributed by atoms with Crippen molar-refractivity contribution in [3.05, 3.63) is 88.3 Å². The molecule has 0 saturated carbocycles. The van der Waals surface area contributed by atoms with Gasteiger partial charge in [-0.3, -0.25) is 14.5 Å². The lowest BCUT2D eigenvalue weighted by atomic mass is 9.99. The lowest BCUT2D eigenvalue weighted by Crippen LogP contribution is -2.29. The second-order valence-corrected chi connectivity index (χ2v) is 7.54. The molecule has 4 rings (SSSR count). The lowest BCUT2D eigenvalue weighted by molar-refractivity contribution is -0.132. The van der Waals surface area contributed by atoms with Crippen LogP contribution in [0.15, 0.2) is 81.4 Å². The van der Waals surface area contributed by atoms with Gasteiger partial charge in [0.15, 0.2) is 0 Å². The van der Waals surface area contributed by atoms with Gasteiger partial charge in [-0.1, -0.05) is 34.1 Å². The number of aliphatic hydroxyl groups excluding tert-OH is 1. The van der Waals surface area contributed by atoms with Gasteiger partial charge < -0.3 is 14.3 Å². The van der Waals surface area contributed by atoms with Gasteiger partial charge in [0.05, 0.1) is 18.4 Å². The summed E-state index contributed by atoms with van der Waals surface area (Å²) in [5, 5.41) is 11.0. The molecule has 3 aromatic rings. The maximum atomic E-state index is 13.0. The number of rotatable bonds is 5. The minimum absolute atomic E-state index is 0.0286. The third-order valence-corrected chi connectivity index (χ3v) is 5.31. The standard InChI is InChI=1S/C23H18BrNO5/c1-2-29-17-6-3-5-16(13-17)25-20(18-7-4-12-30-18)19(22(27)23(25)28)21(26)14-8-10-15(24)11-9-14/h3-13,20,26H,2H2,1H3/b21-19-. The lowest BCUT2D eigenvalue weighted by Gasteiger charge is -2.23. The number of furan rings is 1. The van der Waals surface area contributed by atoms with Crippen LogP contribution in [0.25, 0.3) is 5.76 Å². The van der Waals surface area contributed by atoms with Gasteiger partial charge in [0.25, 0.3) is 11.7 Å². The van der Waals surface area contributed by atoms with Gasteiger partial charge in [-0.2, -0.15) is 0 Å². The van der Waals surface area contributed by atoms with Crippen molar-refractivity contribution in [3.63, 3.8) is 0 Å². The van der Waals surface area contributed by atoms with Gasteiger partial charge in [-0.25, -0.2) is 0 Å². The number of benzene rings is 2. The molecule has 7 heteroatoms. The number of amides is 1. The number of ether oxygens (including phenoxy) is 1. The summed E-state index contributed by atoms with van der Waals surface area (Å²) in [7, 11) is 0. The van der Waals surface area contributed by atoms with Gasteiger partial charge >= 0.3 is 0 Å². The number of ketones is 1. The topological polar surface area (TPSA) is 80.0 Å². The van der Waals surface area contributed by atoms with Gasteiger partial charge in [-0.15, -0.1) is 0 Å². The number of Topliss-reactive ketones (excluding diaryl/α,β-unsaturated/α-hetero) is 1. The first-order valence-corrected chi connectivity index (χ1v) is 10.1. The molecule has 0 spiro atoms. The van der Waals surface area contributed by atoms with Crippen molar-refractivity contribution in [3.8, 4) is 5.75 Å². The molecule has 2 heterocycles. The number of halogens is 1. The molecule has 1 aromatic heterocycles. The Bertz CT molecular complexity index is 1120. The number of carbonyl (C=O) groups is 2. The fourth-order valence-corrected chi connectivity index (χ4v) is 3.73. The van der Waals surface area contributed by atoms with E-state index in [2.05, 4.69) is 15.9 Å². The van der Waals surface area contributed by atoms with Crippen molar-refractivity contribution >= 4 is 39.1 Å². The van der Waals surface area contributed by atoms with E-state index in [4.69, 9.17) is 9.15 Å². The van der Waals surface area contributed by atoms with Gasteiger partial charge in [0.2, 0.25) is 0 Å². The van der Waals surface area contributed by atoms with Crippen LogP contribution in [0.1, 0.15) is 24.3 Å². The smallest absolute Gasteiger partial charge is 0.300 e. The van der Waals surface area contributed by atoms with E-state index in [1.54, 1.807) is 60.7 Å². The summed E-state index contributed by atoms with van der Waals surface area (Å²) in [5.74, 6) is -0.842. The monoisotopic (exact) mass is 467 g/mol. The quantitative estimate of drug-likeness (QED) is 0.322. The van der Waals surface area contributed by atoms with E-state index in [1.807, 2.05) is 6.92 Å². The highest BCUT2D eigenvalue weighted by Crippen LogP contribution is 2.42. The molecular formula is C23H18BrNO5. The van der Waals surface area contributed by atoms with Gasteiger partial charge in [0, 0.05) is 21.8 Å². The van der Waals surface area contributed by atoms with E-state index in [0.717, 1.165) is 4.47 Å². The first kappa shape index (κ1) is 20.0. The summed E-state index contributed by atoms with van der Waals surface area (Å²) in [4.78, 5) is 27.3. The molecule has 1 aliphatic rings.